The molecule has 0 radical (unpaired) electrons. The Labute approximate surface area is 113 Å². The SMILES string of the molecule is Cc1nn(C)c(C)c1S(=O)(=O)N(CCC#N)C1CC1. The predicted octanol–water partition coefficient (Wildman–Crippen LogP) is 1.10. The van der Waals surface area contributed by atoms with Crippen molar-refractivity contribution in [1.29, 1.82) is 5.26 Å². The summed E-state index contributed by atoms with van der Waals surface area (Å²) in [5.74, 6) is 0. The van der Waals surface area contributed by atoms with Crippen molar-refractivity contribution in [2.45, 2.75) is 44.0 Å². The molecular formula is C12H18N4O2S. The molecule has 1 heterocycles. The van der Waals surface area contributed by atoms with E-state index >= 15 is 0 Å². The lowest BCUT2D eigenvalue weighted by molar-refractivity contribution is 0.410. The summed E-state index contributed by atoms with van der Waals surface area (Å²) in [5.41, 5.74) is 1.16. The van der Waals surface area contributed by atoms with Gasteiger partial charge in [0.2, 0.25) is 10.0 Å². The van der Waals surface area contributed by atoms with Crippen LogP contribution < -0.4 is 0 Å². The van der Waals surface area contributed by atoms with Crippen LogP contribution in [0.25, 0.3) is 0 Å². The normalized spacial score (nSPS) is 15.7. The predicted molar refractivity (Wildman–Crippen MR) is 69.8 cm³/mol. The lowest BCUT2D eigenvalue weighted by atomic mass is 10.4. The highest BCUT2D eigenvalue weighted by Gasteiger charge is 2.39. The zero-order valence-corrected chi connectivity index (χ0v) is 12.2. The van der Waals surface area contributed by atoms with Crippen molar-refractivity contribution < 1.29 is 8.42 Å². The molecule has 1 aromatic heterocycles. The summed E-state index contributed by atoms with van der Waals surface area (Å²) in [5, 5.41) is 12.8. The van der Waals surface area contributed by atoms with Gasteiger partial charge in [0.1, 0.15) is 4.90 Å². The highest BCUT2D eigenvalue weighted by molar-refractivity contribution is 7.89. The average Bonchev–Trinajstić information content (AvgIpc) is 3.09. The molecule has 0 N–H and O–H groups in total. The summed E-state index contributed by atoms with van der Waals surface area (Å²) in [4.78, 5) is 0.292. The van der Waals surface area contributed by atoms with Crippen LogP contribution in [0.15, 0.2) is 4.90 Å². The number of hydrogen-bond acceptors (Lipinski definition) is 4. The van der Waals surface area contributed by atoms with Crippen LogP contribution in [0.4, 0.5) is 0 Å². The summed E-state index contributed by atoms with van der Waals surface area (Å²) in [6, 6.07) is 2.06. The largest absolute Gasteiger partial charge is 0.271 e. The molecule has 0 aromatic carbocycles. The van der Waals surface area contributed by atoms with Gasteiger partial charge in [0.25, 0.3) is 0 Å². The second-order valence-corrected chi connectivity index (χ2v) is 6.71. The van der Waals surface area contributed by atoms with Gasteiger partial charge >= 0.3 is 0 Å². The molecule has 0 aliphatic heterocycles. The van der Waals surface area contributed by atoms with Gasteiger partial charge in [-0.05, 0) is 26.7 Å². The molecule has 19 heavy (non-hydrogen) atoms. The Hall–Kier alpha value is -1.39. The van der Waals surface area contributed by atoms with Crippen LogP contribution in [-0.2, 0) is 17.1 Å². The topological polar surface area (TPSA) is 79.0 Å². The summed E-state index contributed by atoms with van der Waals surface area (Å²) in [6.45, 7) is 3.72. The molecule has 0 unspecified atom stereocenters. The van der Waals surface area contributed by atoms with Crippen molar-refractivity contribution in [3.05, 3.63) is 11.4 Å². The average molecular weight is 282 g/mol. The first-order chi connectivity index (χ1) is 8.89. The van der Waals surface area contributed by atoms with E-state index < -0.39 is 10.0 Å². The Bertz CT molecular complexity index is 623. The molecule has 1 aliphatic rings. The van der Waals surface area contributed by atoms with Crippen LogP contribution in [0.5, 0.6) is 0 Å². The summed E-state index contributed by atoms with van der Waals surface area (Å²) < 4.78 is 28.5. The molecular weight excluding hydrogens is 264 g/mol. The highest BCUT2D eigenvalue weighted by atomic mass is 32.2. The Morgan fingerprint density at radius 2 is 2.11 bits per heavy atom. The standard InChI is InChI=1S/C12H18N4O2S/c1-9-12(10(2)15(3)14-9)19(17,18)16(8-4-7-13)11-5-6-11/h11H,4-6,8H2,1-3H3. The van der Waals surface area contributed by atoms with E-state index in [1.807, 2.05) is 6.07 Å². The van der Waals surface area contributed by atoms with E-state index in [2.05, 4.69) is 5.10 Å². The van der Waals surface area contributed by atoms with Crippen LogP contribution in [0, 0.1) is 25.2 Å². The van der Waals surface area contributed by atoms with Crippen LogP contribution in [0.2, 0.25) is 0 Å². The van der Waals surface area contributed by atoms with Crippen LogP contribution in [0.3, 0.4) is 0 Å². The van der Waals surface area contributed by atoms with E-state index in [4.69, 9.17) is 5.26 Å². The first-order valence-electron chi connectivity index (χ1n) is 6.28. The number of aromatic nitrogens is 2. The Kier molecular flexibility index (Phi) is 3.65. The summed E-state index contributed by atoms with van der Waals surface area (Å²) >= 11 is 0. The van der Waals surface area contributed by atoms with E-state index in [1.54, 1.807) is 25.6 Å². The number of rotatable bonds is 5. The van der Waals surface area contributed by atoms with Gasteiger partial charge in [-0.3, -0.25) is 4.68 Å². The minimum atomic E-state index is -3.55. The molecule has 104 valence electrons. The number of nitrogens with zero attached hydrogens (tertiary/aromatic N) is 4. The van der Waals surface area contributed by atoms with Crippen molar-refractivity contribution >= 4 is 10.0 Å². The van der Waals surface area contributed by atoms with E-state index in [0.29, 0.717) is 16.3 Å². The van der Waals surface area contributed by atoms with E-state index in [9.17, 15) is 8.42 Å². The number of hydrogen-bond donors (Lipinski definition) is 0. The number of aryl methyl sites for hydroxylation is 2. The molecule has 1 aliphatic carbocycles. The molecule has 0 amide bonds. The Morgan fingerprint density at radius 1 is 1.47 bits per heavy atom. The number of nitriles is 1. The van der Waals surface area contributed by atoms with E-state index in [-0.39, 0.29) is 19.0 Å². The van der Waals surface area contributed by atoms with Crippen molar-refractivity contribution in [3.63, 3.8) is 0 Å². The zero-order chi connectivity index (χ0) is 14.2. The van der Waals surface area contributed by atoms with Crippen molar-refractivity contribution in [1.82, 2.24) is 14.1 Å². The fraction of sp³-hybridized carbons (Fsp3) is 0.667. The maximum absolute atomic E-state index is 12.7. The van der Waals surface area contributed by atoms with Gasteiger partial charge in [0.15, 0.2) is 0 Å². The van der Waals surface area contributed by atoms with Crippen molar-refractivity contribution in [3.8, 4) is 6.07 Å². The van der Waals surface area contributed by atoms with Crippen molar-refractivity contribution in [2.24, 2.45) is 7.05 Å². The van der Waals surface area contributed by atoms with Gasteiger partial charge in [-0.25, -0.2) is 8.42 Å². The maximum atomic E-state index is 12.7. The molecule has 0 saturated heterocycles. The summed E-state index contributed by atoms with van der Waals surface area (Å²) in [6.07, 6.45) is 1.97. The van der Waals surface area contributed by atoms with Gasteiger partial charge < -0.3 is 0 Å². The third kappa shape index (κ3) is 2.51. The molecule has 6 nitrogen and oxygen atoms in total. The zero-order valence-electron chi connectivity index (χ0n) is 11.4. The molecule has 2 rings (SSSR count). The fourth-order valence-corrected chi connectivity index (χ4v) is 4.36. The van der Waals surface area contributed by atoms with Gasteiger partial charge in [-0.15, -0.1) is 0 Å². The third-order valence-electron chi connectivity index (χ3n) is 3.41. The molecule has 1 fully saturated rings. The summed E-state index contributed by atoms with van der Waals surface area (Å²) in [7, 11) is -1.82. The molecule has 7 heteroatoms. The molecule has 0 spiro atoms. The minimum absolute atomic E-state index is 0.0531. The quantitative estimate of drug-likeness (QED) is 0.810. The Morgan fingerprint density at radius 3 is 2.53 bits per heavy atom. The molecule has 0 atom stereocenters. The number of sulfonamides is 1. The smallest absolute Gasteiger partial charge is 0.247 e. The second kappa shape index (κ2) is 4.94. The lowest BCUT2D eigenvalue weighted by Crippen LogP contribution is -2.34. The lowest BCUT2D eigenvalue weighted by Gasteiger charge is -2.20. The van der Waals surface area contributed by atoms with Gasteiger partial charge in [0, 0.05) is 26.1 Å². The second-order valence-electron chi connectivity index (χ2n) is 4.88. The van der Waals surface area contributed by atoms with Gasteiger partial charge in [0.05, 0.1) is 17.5 Å². The monoisotopic (exact) mass is 282 g/mol. The molecule has 1 aromatic rings. The van der Waals surface area contributed by atoms with E-state index in [0.717, 1.165) is 12.8 Å². The van der Waals surface area contributed by atoms with Gasteiger partial charge in [-0.2, -0.15) is 14.7 Å². The van der Waals surface area contributed by atoms with Crippen LogP contribution >= 0.6 is 0 Å². The van der Waals surface area contributed by atoms with Gasteiger partial charge in [-0.1, -0.05) is 0 Å². The highest BCUT2D eigenvalue weighted by Crippen LogP contribution is 2.33. The van der Waals surface area contributed by atoms with Crippen molar-refractivity contribution in [2.75, 3.05) is 6.54 Å². The molecule has 0 bridgehead atoms. The third-order valence-corrected chi connectivity index (χ3v) is 5.61. The minimum Gasteiger partial charge on any atom is -0.271 e. The maximum Gasteiger partial charge on any atom is 0.247 e. The Balaban J connectivity index is 2.42. The first-order valence-corrected chi connectivity index (χ1v) is 7.72. The molecule has 1 saturated carbocycles. The first kappa shape index (κ1) is 14.0. The fourth-order valence-electron chi connectivity index (χ4n) is 2.27. The van der Waals surface area contributed by atoms with Crippen LogP contribution in [0.1, 0.15) is 30.7 Å². The van der Waals surface area contributed by atoms with Crippen LogP contribution in [-0.4, -0.2) is 35.1 Å². The van der Waals surface area contributed by atoms with E-state index in [1.165, 1.54) is 4.31 Å².